The van der Waals surface area contributed by atoms with Crippen LogP contribution in [0.3, 0.4) is 0 Å². The Bertz CT molecular complexity index is 4590. The fourth-order valence-corrected chi connectivity index (χ4v) is 15.5. The Kier molecular flexibility index (Phi) is 13.4. The first-order valence-corrected chi connectivity index (χ1v) is 30.3. The van der Waals surface area contributed by atoms with Crippen LogP contribution in [0.4, 0.5) is 11.4 Å². The first kappa shape index (κ1) is 51.1. The molecule has 4 heteroatoms. The number of fused-ring (bicyclic) bond motifs is 8. The highest BCUT2D eigenvalue weighted by Crippen LogP contribution is 2.52. The molecule has 82 heavy (non-hydrogen) atoms. The van der Waals surface area contributed by atoms with Crippen LogP contribution in [0, 0.1) is 20.8 Å². The van der Waals surface area contributed by atoms with E-state index in [-0.39, 0.29) is 0 Å². The summed E-state index contributed by atoms with van der Waals surface area (Å²) in [5.41, 5.74) is 27.1. The number of aromatic nitrogens is 1. The second-order valence-electron chi connectivity index (χ2n) is 21.7. The molecular weight excluding hydrogens is 1030 g/mol. The maximum Gasteiger partial charge on any atom is 0.0543 e. The molecule has 1 aliphatic carbocycles. The summed E-state index contributed by atoms with van der Waals surface area (Å²) in [5, 5.41) is 3.92. The van der Waals surface area contributed by atoms with Crippen LogP contribution < -0.4 is 4.90 Å². The van der Waals surface area contributed by atoms with Gasteiger partial charge in [0.1, 0.15) is 0 Å². The molecule has 12 aromatic rings. The summed E-state index contributed by atoms with van der Waals surface area (Å²) in [5.74, 6) is 0. The fourth-order valence-electron chi connectivity index (χ4n) is 13.1. The third-order valence-electron chi connectivity index (χ3n) is 16.9. The van der Waals surface area contributed by atoms with Crippen LogP contribution in [0.15, 0.2) is 237 Å². The van der Waals surface area contributed by atoms with Gasteiger partial charge in [0, 0.05) is 82.0 Å². The molecule has 14 rings (SSSR count). The summed E-state index contributed by atoms with van der Waals surface area (Å²) in [6.07, 6.45) is 22.3. The van der Waals surface area contributed by atoms with E-state index in [0.29, 0.717) is 0 Å². The van der Waals surface area contributed by atoms with Crippen LogP contribution in [-0.4, -0.2) is 4.57 Å². The Morgan fingerprint density at radius 2 is 1.13 bits per heavy atom. The number of hydrogen-bond acceptors (Lipinski definition) is 3. The van der Waals surface area contributed by atoms with Gasteiger partial charge in [-0.2, -0.15) is 0 Å². The Hall–Kier alpha value is -9.06. The van der Waals surface area contributed by atoms with Crippen LogP contribution in [0.2, 0.25) is 0 Å². The third kappa shape index (κ3) is 8.77. The molecule has 1 aliphatic heterocycles. The third-order valence-corrected chi connectivity index (χ3v) is 19.3. The predicted molar refractivity (Wildman–Crippen MR) is 357 cm³/mol. The number of nitrogens with zero attached hydrogens (tertiary/aromatic N) is 2. The van der Waals surface area contributed by atoms with E-state index in [1.54, 1.807) is 0 Å². The van der Waals surface area contributed by atoms with Crippen LogP contribution >= 0.6 is 22.7 Å². The van der Waals surface area contributed by atoms with E-state index in [9.17, 15) is 0 Å². The molecule has 0 N–H and O–H groups in total. The van der Waals surface area contributed by atoms with Crippen molar-refractivity contribution in [2.75, 3.05) is 4.90 Å². The highest BCUT2D eigenvalue weighted by atomic mass is 32.1. The van der Waals surface area contributed by atoms with Gasteiger partial charge in [0.25, 0.3) is 0 Å². The van der Waals surface area contributed by atoms with E-state index < -0.39 is 0 Å². The van der Waals surface area contributed by atoms with Gasteiger partial charge >= 0.3 is 0 Å². The molecule has 3 aromatic heterocycles. The summed E-state index contributed by atoms with van der Waals surface area (Å²) in [7, 11) is 0. The second kappa shape index (κ2) is 21.4. The summed E-state index contributed by atoms with van der Waals surface area (Å²) in [6, 6.07) is 72.9. The minimum absolute atomic E-state index is 0.718. The van der Waals surface area contributed by atoms with Gasteiger partial charge in [-0.05, 0) is 180 Å². The average Bonchev–Trinajstić information content (AvgIpc) is 2.80. The van der Waals surface area contributed by atoms with Gasteiger partial charge in [0.15, 0.2) is 0 Å². The van der Waals surface area contributed by atoms with Crippen molar-refractivity contribution in [1.29, 1.82) is 0 Å². The number of hydrogen-bond donors (Lipinski definition) is 0. The lowest BCUT2D eigenvalue weighted by molar-refractivity contribution is 0.947. The van der Waals surface area contributed by atoms with Gasteiger partial charge in [-0.3, -0.25) is 0 Å². The fraction of sp³-hybridized carbons (Fsp3) is 0.103. The van der Waals surface area contributed by atoms with Crippen molar-refractivity contribution in [3.8, 4) is 61.3 Å². The van der Waals surface area contributed by atoms with Gasteiger partial charge in [-0.15, -0.1) is 22.7 Å². The molecule has 0 unspecified atom stereocenters. The zero-order chi connectivity index (χ0) is 55.4. The quantitative estimate of drug-likeness (QED) is 0.117. The van der Waals surface area contributed by atoms with Crippen molar-refractivity contribution in [1.82, 2.24) is 4.57 Å². The van der Waals surface area contributed by atoms with Gasteiger partial charge in [0.05, 0.1) is 11.2 Å². The van der Waals surface area contributed by atoms with Crippen molar-refractivity contribution >= 4 is 82.8 Å². The molecule has 2 nitrogen and oxygen atoms in total. The van der Waals surface area contributed by atoms with Crippen molar-refractivity contribution < 1.29 is 0 Å². The second-order valence-corrected chi connectivity index (χ2v) is 24.0. The Balaban J connectivity index is 1.06. The number of rotatable bonds is 11. The van der Waals surface area contributed by atoms with Gasteiger partial charge in [0.2, 0.25) is 0 Å². The van der Waals surface area contributed by atoms with Gasteiger partial charge in [-0.1, -0.05) is 188 Å². The molecule has 0 radical (unpaired) electrons. The normalized spacial score (nSPS) is 13.2. The smallest absolute Gasteiger partial charge is 0.0543 e. The first-order valence-electron chi connectivity index (χ1n) is 28.7. The van der Waals surface area contributed by atoms with Crippen molar-refractivity contribution in [3.63, 3.8) is 0 Å². The monoisotopic (exact) mass is 1090 g/mol. The minimum atomic E-state index is 0.718. The number of thiophene rings is 2. The molecule has 396 valence electrons. The summed E-state index contributed by atoms with van der Waals surface area (Å²) < 4.78 is 5.23. The number of allylic oxidation sites excluding steroid dienone is 7. The Morgan fingerprint density at radius 3 is 1.91 bits per heavy atom. The molecule has 9 aromatic carbocycles. The summed E-state index contributed by atoms with van der Waals surface area (Å²) >= 11 is 3.81. The maximum absolute atomic E-state index is 2.63. The molecule has 0 fully saturated rings. The SMILES string of the molecule is C/C=C\C/C=C\c1c(C)n(-c2cc(-c3cc(-c4ccccc4)cc(-c4ccccc4)c3)cc(N3Cc4ccccc4-c4c(-c5cccc6sc(/C=C\C)c(C)c56)cccc43)c2C)c2cccc(C3=CC=CCc4sc5ccccc5c43)c12. The summed E-state index contributed by atoms with van der Waals surface area (Å²) in [4.78, 5) is 5.35. The number of benzene rings is 9. The minimum Gasteiger partial charge on any atom is -0.336 e. The molecule has 4 heterocycles. The highest BCUT2D eigenvalue weighted by molar-refractivity contribution is 7.20. The zero-order valence-electron chi connectivity index (χ0n) is 47.0. The van der Waals surface area contributed by atoms with Crippen LogP contribution in [-0.2, 0) is 13.0 Å². The zero-order valence-corrected chi connectivity index (χ0v) is 48.6. The van der Waals surface area contributed by atoms with Gasteiger partial charge in [-0.25, -0.2) is 0 Å². The van der Waals surface area contributed by atoms with Gasteiger partial charge < -0.3 is 9.47 Å². The summed E-state index contributed by atoms with van der Waals surface area (Å²) in [6.45, 7) is 11.9. The Morgan fingerprint density at radius 1 is 0.488 bits per heavy atom. The molecule has 0 saturated heterocycles. The van der Waals surface area contributed by atoms with E-state index in [2.05, 4.69) is 293 Å². The Labute approximate surface area is 490 Å². The lowest BCUT2D eigenvalue weighted by Crippen LogP contribution is -2.23. The lowest BCUT2D eigenvalue weighted by atomic mass is 9.85. The standard InChI is InChI=1S/C78H62N2S2/c1-6-8-9-16-32-60-52(5)80(68-40-24-37-64(76(60)68)65-34-19-22-42-74-78(65)66-35-20-21-41-72(66)82-74)70-48-59(58-45-56(53-27-12-10-13-28-53)44-57(46-58)54-29-14-11-15-30-54)47-69(50(70)3)79-49-55-31-17-18-33-61(55)77-63(36-23-39-67(77)79)62-38-25-43-73-75(62)51(4)71(81-73)26-7-2/h6-8,10-41,43-48H,9,42,49H2,1-5H3/b8-6-,26-7-,32-16-. The largest absolute Gasteiger partial charge is 0.336 e. The predicted octanol–water partition coefficient (Wildman–Crippen LogP) is 22.5. The topological polar surface area (TPSA) is 8.17 Å². The maximum atomic E-state index is 2.63. The first-order chi connectivity index (χ1) is 40.4. The molecule has 0 amide bonds. The van der Waals surface area contributed by atoms with Crippen LogP contribution in [0.1, 0.15) is 69.1 Å². The molecular formula is C78H62N2S2. The van der Waals surface area contributed by atoms with E-state index in [0.717, 1.165) is 30.6 Å². The molecule has 0 saturated carbocycles. The molecule has 2 aliphatic rings. The molecule has 0 spiro atoms. The highest BCUT2D eigenvalue weighted by Gasteiger charge is 2.31. The number of anilines is 2. The van der Waals surface area contributed by atoms with Crippen molar-refractivity contribution in [2.24, 2.45) is 0 Å². The van der Waals surface area contributed by atoms with Crippen molar-refractivity contribution in [2.45, 2.75) is 54.0 Å². The number of aryl methyl sites for hydroxylation is 1. The lowest BCUT2D eigenvalue weighted by Gasteiger charge is -2.36. The van der Waals surface area contributed by atoms with E-state index in [1.165, 1.54) is 147 Å². The molecule has 0 bridgehead atoms. The van der Waals surface area contributed by atoms with E-state index in [4.69, 9.17) is 0 Å². The van der Waals surface area contributed by atoms with Crippen LogP contribution in [0.5, 0.6) is 0 Å². The van der Waals surface area contributed by atoms with E-state index in [1.807, 2.05) is 22.7 Å². The molecule has 0 atom stereocenters. The van der Waals surface area contributed by atoms with Crippen LogP contribution in [0.25, 0.3) is 110 Å². The van der Waals surface area contributed by atoms with E-state index >= 15 is 0 Å². The average molecular weight is 1090 g/mol. The van der Waals surface area contributed by atoms with Crippen molar-refractivity contribution in [3.05, 3.63) is 285 Å².